The SMILES string of the molecule is CCN(Cc1ccc(C(=O)Nc2ccccc2C)cc1)Cc1noc(C)n1. The number of hydrogen-bond donors (Lipinski definition) is 1. The summed E-state index contributed by atoms with van der Waals surface area (Å²) in [5.74, 6) is 1.15. The lowest BCUT2D eigenvalue weighted by Gasteiger charge is -2.18. The molecule has 27 heavy (non-hydrogen) atoms. The van der Waals surface area contributed by atoms with Gasteiger partial charge >= 0.3 is 0 Å². The minimum absolute atomic E-state index is 0.106. The van der Waals surface area contributed by atoms with Crippen molar-refractivity contribution in [1.82, 2.24) is 15.0 Å². The minimum atomic E-state index is -0.106. The maximum absolute atomic E-state index is 12.5. The number of aryl methyl sites for hydroxylation is 2. The maximum Gasteiger partial charge on any atom is 0.255 e. The van der Waals surface area contributed by atoms with Crippen LogP contribution in [0, 0.1) is 13.8 Å². The van der Waals surface area contributed by atoms with E-state index in [1.165, 1.54) is 0 Å². The van der Waals surface area contributed by atoms with Crippen LogP contribution in [-0.2, 0) is 13.1 Å². The molecule has 0 aliphatic heterocycles. The molecule has 0 spiro atoms. The van der Waals surface area contributed by atoms with Crippen LogP contribution in [0.25, 0.3) is 0 Å². The van der Waals surface area contributed by atoms with Gasteiger partial charge in [0.25, 0.3) is 5.91 Å². The highest BCUT2D eigenvalue weighted by atomic mass is 16.5. The van der Waals surface area contributed by atoms with Gasteiger partial charge in [0.15, 0.2) is 5.82 Å². The second-order valence-corrected chi connectivity index (χ2v) is 6.50. The average molecular weight is 364 g/mol. The quantitative estimate of drug-likeness (QED) is 0.687. The molecule has 0 aliphatic carbocycles. The van der Waals surface area contributed by atoms with E-state index >= 15 is 0 Å². The third kappa shape index (κ3) is 5.01. The molecule has 0 saturated carbocycles. The van der Waals surface area contributed by atoms with Crippen LogP contribution in [-0.4, -0.2) is 27.5 Å². The smallest absolute Gasteiger partial charge is 0.255 e. The van der Waals surface area contributed by atoms with Gasteiger partial charge in [0.1, 0.15) is 0 Å². The maximum atomic E-state index is 12.5. The highest BCUT2D eigenvalue weighted by Gasteiger charge is 2.11. The topological polar surface area (TPSA) is 71.3 Å². The first-order valence-electron chi connectivity index (χ1n) is 9.02. The Labute approximate surface area is 159 Å². The van der Waals surface area contributed by atoms with E-state index in [0.29, 0.717) is 23.8 Å². The molecule has 0 fully saturated rings. The minimum Gasteiger partial charge on any atom is -0.340 e. The molecule has 1 N–H and O–H groups in total. The van der Waals surface area contributed by atoms with Crippen LogP contribution >= 0.6 is 0 Å². The van der Waals surface area contributed by atoms with E-state index in [0.717, 1.165) is 29.9 Å². The van der Waals surface area contributed by atoms with Gasteiger partial charge in [0.05, 0.1) is 6.54 Å². The second-order valence-electron chi connectivity index (χ2n) is 6.50. The van der Waals surface area contributed by atoms with Crippen molar-refractivity contribution in [2.75, 3.05) is 11.9 Å². The molecule has 3 rings (SSSR count). The molecule has 0 radical (unpaired) electrons. The Morgan fingerprint density at radius 2 is 1.81 bits per heavy atom. The summed E-state index contributed by atoms with van der Waals surface area (Å²) < 4.78 is 5.03. The predicted octanol–water partition coefficient (Wildman–Crippen LogP) is 3.96. The van der Waals surface area contributed by atoms with Gasteiger partial charge in [0, 0.05) is 24.7 Å². The van der Waals surface area contributed by atoms with E-state index in [-0.39, 0.29) is 5.91 Å². The van der Waals surface area contributed by atoms with Gasteiger partial charge in [0.2, 0.25) is 5.89 Å². The largest absolute Gasteiger partial charge is 0.340 e. The van der Waals surface area contributed by atoms with Gasteiger partial charge in [-0.05, 0) is 42.8 Å². The van der Waals surface area contributed by atoms with Crippen LogP contribution < -0.4 is 5.32 Å². The van der Waals surface area contributed by atoms with Crippen LogP contribution in [0.2, 0.25) is 0 Å². The summed E-state index contributed by atoms with van der Waals surface area (Å²) in [6.45, 7) is 8.10. The number of nitrogens with zero attached hydrogens (tertiary/aromatic N) is 3. The number of aromatic nitrogens is 2. The van der Waals surface area contributed by atoms with Crippen molar-refractivity contribution in [3.05, 3.63) is 76.9 Å². The van der Waals surface area contributed by atoms with Crippen molar-refractivity contribution in [1.29, 1.82) is 0 Å². The fourth-order valence-electron chi connectivity index (χ4n) is 2.81. The molecule has 1 amide bonds. The summed E-state index contributed by atoms with van der Waals surface area (Å²) in [5, 5.41) is 6.91. The van der Waals surface area contributed by atoms with Crippen molar-refractivity contribution in [3.8, 4) is 0 Å². The van der Waals surface area contributed by atoms with Crippen LogP contribution in [0.15, 0.2) is 53.1 Å². The Morgan fingerprint density at radius 1 is 1.07 bits per heavy atom. The lowest BCUT2D eigenvalue weighted by atomic mass is 10.1. The van der Waals surface area contributed by atoms with Crippen LogP contribution in [0.1, 0.15) is 40.1 Å². The molecule has 1 heterocycles. The molecule has 0 atom stereocenters. The Bertz CT molecular complexity index is 903. The predicted molar refractivity (Wildman–Crippen MR) is 104 cm³/mol. The first kappa shape index (κ1) is 18.8. The second kappa shape index (κ2) is 8.60. The molecule has 2 aromatic carbocycles. The highest BCUT2D eigenvalue weighted by Crippen LogP contribution is 2.16. The number of carbonyl (C=O) groups excluding carboxylic acids is 1. The fraction of sp³-hybridized carbons (Fsp3) is 0.286. The molecule has 6 nitrogen and oxygen atoms in total. The van der Waals surface area contributed by atoms with E-state index in [4.69, 9.17) is 4.52 Å². The molecule has 0 bridgehead atoms. The van der Waals surface area contributed by atoms with E-state index in [2.05, 4.69) is 27.3 Å². The molecule has 0 aliphatic rings. The highest BCUT2D eigenvalue weighted by molar-refractivity contribution is 6.04. The lowest BCUT2D eigenvalue weighted by Crippen LogP contribution is -2.23. The summed E-state index contributed by atoms with van der Waals surface area (Å²) in [7, 11) is 0. The van der Waals surface area contributed by atoms with E-state index in [1.54, 1.807) is 6.92 Å². The monoisotopic (exact) mass is 364 g/mol. The normalized spacial score (nSPS) is 11.0. The Kier molecular flexibility index (Phi) is 5.98. The van der Waals surface area contributed by atoms with E-state index < -0.39 is 0 Å². The molecule has 140 valence electrons. The number of carbonyl (C=O) groups is 1. The van der Waals surface area contributed by atoms with Crippen LogP contribution in [0.5, 0.6) is 0 Å². The number of benzene rings is 2. The van der Waals surface area contributed by atoms with Crippen molar-refractivity contribution in [3.63, 3.8) is 0 Å². The number of amides is 1. The third-order valence-corrected chi connectivity index (χ3v) is 4.40. The molecular weight excluding hydrogens is 340 g/mol. The Balaban J connectivity index is 1.62. The first-order valence-corrected chi connectivity index (χ1v) is 9.02. The van der Waals surface area contributed by atoms with Gasteiger partial charge in [-0.15, -0.1) is 0 Å². The summed E-state index contributed by atoms with van der Waals surface area (Å²) in [6, 6.07) is 15.4. The zero-order valence-electron chi connectivity index (χ0n) is 15.9. The molecule has 0 saturated heterocycles. The Hall–Kier alpha value is -2.99. The fourth-order valence-corrected chi connectivity index (χ4v) is 2.81. The van der Waals surface area contributed by atoms with Crippen molar-refractivity contribution in [2.24, 2.45) is 0 Å². The van der Waals surface area contributed by atoms with Crippen molar-refractivity contribution >= 4 is 11.6 Å². The molecule has 1 aromatic heterocycles. The standard InChI is InChI=1S/C21H24N4O2/c1-4-25(14-20-22-16(3)27-24-20)13-17-9-11-18(12-10-17)21(26)23-19-8-6-5-7-15(19)2/h5-12H,4,13-14H2,1-3H3,(H,23,26). The van der Waals surface area contributed by atoms with Crippen molar-refractivity contribution < 1.29 is 9.32 Å². The molecule has 0 unspecified atom stereocenters. The van der Waals surface area contributed by atoms with Crippen LogP contribution in [0.4, 0.5) is 5.69 Å². The number of nitrogens with one attached hydrogen (secondary N) is 1. The zero-order chi connectivity index (χ0) is 19.2. The van der Waals surface area contributed by atoms with E-state index in [1.807, 2.05) is 55.5 Å². The average Bonchev–Trinajstić information content (AvgIpc) is 3.08. The summed E-state index contributed by atoms with van der Waals surface area (Å²) in [4.78, 5) is 18.9. The number of para-hydroxylation sites is 1. The van der Waals surface area contributed by atoms with Crippen LogP contribution in [0.3, 0.4) is 0 Å². The summed E-state index contributed by atoms with van der Waals surface area (Å²) >= 11 is 0. The zero-order valence-corrected chi connectivity index (χ0v) is 15.9. The number of hydrogen-bond acceptors (Lipinski definition) is 5. The van der Waals surface area contributed by atoms with E-state index in [9.17, 15) is 4.79 Å². The van der Waals surface area contributed by atoms with Crippen molar-refractivity contribution in [2.45, 2.75) is 33.9 Å². The molecule has 6 heteroatoms. The van der Waals surface area contributed by atoms with Gasteiger partial charge in [-0.3, -0.25) is 9.69 Å². The lowest BCUT2D eigenvalue weighted by molar-refractivity contribution is 0.102. The summed E-state index contributed by atoms with van der Waals surface area (Å²) in [6.07, 6.45) is 0. The van der Waals surface area contributed by atoms with Gasteiger partial charge in [-0.25, -0.2) is 0 Å². The Morgan fingerprint density at radius 3 is 2.44 bits per heavy atom. The third-order valence-electron chi connectivity index (χ3n) is 4.40. The van der Waals surface area contributed by atoms with Gasteiger partial charge in [-0.2, -0.15) is 4.98 Å². The number of rotatable bonds is 7. The first-order chi connectivity index (χ1) is 13.0. The van der Waals surface area contributed by atoms with Gasteiger partial charge < -0.3 is 9.84 Å². The van der Waals surface area contributed by atoms with Gasteiger partial charge in [-0.1, -0.05) is 42.4 Å². The molecule has 3 aromatic rings. The summed E-state index contributed by atoms with van der Waals surface area (Å²) in [5.41, 5.74) is 3.64. The molecular formula is C21H24N4O2. The number of anilines is 1.